The predicted molar refractivity (Wildman–Crippen MR) is 78.8 cm³/mol. The van der Waals surface area contributed by atoms with Crippen LogP contribution in [0.3, 0.4) is 0 Å². The summed E-state index contributed by atoms with van der Waals surface area (Å²) in [5.41, 5.74) is 0. The number of hydrogen-bond donors (Lipinski definition) is 2. The molecule has 2 atom stereocenters. The first-order valence-corrected chi connectivity index (χ1v) is 7.77. The first-order valence-electron chi connectivity index (χ1n) is 7.77. The maximum absolute atomic E-state index is 12.9. The molecule has 2 amide bonds. The number of amides is 2. The van der Waals surface area contributed by atoms with Crippen LogP contribution in [0.5, 0.6) is 0 Å². The molecule has 0 spiro atoms. The Morgan fingerprint density at radius 2 is 1.70 bits per heavy atom. The number of likely N-dealkylation sites (tertiary alicyclic amines) is 1. The topological polar surface area (TPSA) is 69.6 Å². The Morgan fingerprint density at radius 3 is 2.04 bits per heavy atom. The van der Waals surface area contributed by atoms with Crippen LogP contribution in [0.25, 0.3) is 0 Å². The van der Waals surface area contributed by atoms with E-state index in [1.54, 1.807) is 0 Å². The highest BCUT2D eigenvalue weighted by Crippen LogP contribution is 2.37. The van der Waals surface area contributed by atoms with Gasteiger partial charge in [-0.1, -0.05) is 27.7 Å². The van der Waals surface area contributed by atoms with Crippen molar-refractivity contribution in [1.29, 1.82) is 0 Å². The van der Waals surface area contributed by atoms with Gasteiger partial charge >= 0.3 is 18.2 Å². The molecule has 1 aliphatic heterocycles. The zero-order valence-corrected chi connectivity index (χ0v) is 13.9. The third-order valence-corrected chi connectivity index (χ3v) is 4.55. The van der Waals surface area contributed by atoms with Gasteiger partial charge in [-0.3, -0.25) is 4.79 Å². The normalized spacial score (nSPS) is 22.3. The molecule has 8 heteroatoms. The SMILES string of the molecule is CC(C)C(CNC(=O)N1C[C@@H](C(F)(F)F)[C@H](C(=O)O)C1)C(C)C. The van der Waals surface area contributed by atoms with Gasteiger partial charge in [0.1, 0.15) is 0 Å². The second kappa shape index (κ2) is 7.40. The smallest absolute Gasteiger partial charge is 0.394 e. The molecular weight excluding hydrogens is 313 g/mol. The summed E-state index contributed by atoms with van der Waals surface area (Å²) in [7, 11) is 0. The molecule has 134 valence electrons. The highest BCUT2D eigenvalue weighted by atomic mass is 19.4. The summed E-state index contributed by atoms with van der Waals surface area (Å²) in [4.78, 5) is 24.1. The lowest BCUT2D eigenvalue weighted by atomic mass is 9.85. The van der Waals surface area contributed by atoms with Crippen LogP contribution in [-0.2, 0) is 4.79 Å². The van der Waals surface area contributed by atoms with Crippen LogP contribution in [0.15, 0.2) is 0 Å². The highest BCUT2D eigenvalue weighted by Gasteiger charge is 2.53. The van der Waals surface area contributed by atoms with E-state index in [0.29, 0.717) is 18.4 Å². The molecule has 1 heterocycles. The first kappa shape index (κ1) is 19.6. The number of hydrogen-bond acceptors (Lipinski definition) is 2. The molecular formula is C15H25F3N2O3. The quantitative estimate of drug-likeness (QED) is 0.810. The number of halogens is 3. The zero-order chi connectivity index (χ0) is 17.9. The van der Waals surface area contributed by atoms with Crippen LogP contribution < -0.4 is 5.32 Å². The number of carbonyl (C=O) groups is 2. The Kier molecular flexibility index (Phi) is 6.30. The molecule has 1 rings (SSSR count). The number of carboxylic acids is 1. The van der Waals surface area contributed by atoms with Crippen molar-refractivity contribution in [3.63, 3.8) is 0 Å². The second-order valence-corrected chi connectivity index (χ2v) is 6.84. The molecule has 0 radical (unpaired) electrons. The van der Waals surface area contributed by atoms with Crippen molar-refractivity contribution in [3.8, 4) is 0 Å². The molecule has 1 saturated heterocycles. The molecule has 0 aromatic heterocycles. The number of nitrogens with zero attached hydrogens (tertiary/aromatic N) is 1. The third-order valence-electron chi connectivity index (χ3n) is 4.55. The Bertz CT molecular complexity index is 430. The van der Waals surface area contributed by atoms with Gasteiger partial charge < -0.3 is 15.3 Å². The van der Waals surface area contributed by atoms with Gasteiger partial charge in [0.2, 0.25) is 0 Å². The van der Waals surface area contributed by atoms with Gasteiger partial charge in [-0.2, -0.15) is 13.2 Å². The molecule has 0 aromatic carbocycles. The van der Waals surface area contributed by atoms with E-state index in [4.69, 9.17) is 5.11 Å². The van der Waals surface area contributed by atoms with Gasteiger partial charge in [0, 0.05) is 19.6 Å². The van der Waals surface area contributed by atoms with Gasteiger partial charge in [-0.15, -0.1) is 0 Å². The zero-order valence-electron chi connectivity index (χ0n) is 13.9. The van der Waals surface area contributed by atoms with Crippen LogP contribution in [0.4, 0.5) is 18.0 Å². The van der Waals surface area contributed by atoms with Crippen molar-refractivity contribution < 1.29 is 27.9 Å². The minimum absolute atomic E-state index is 0.204. The number of carbonyl (C=O) groups excluding carboxylic acids is 1. The van der Waals surface area contributed by atoms with E-state index >= 15 is 0 Å². The number of carboxylic acid groups (broad SMARTS) is 1. The lowest BCUT2D eigenvalue weighted by molar-refractivity contribution is -0.187. The summed E-state index contributed by atoms with van der Waals surface area (Å²) in [5.74, 6) is -4.30. The summed E-state index contributed by atoms with van der Waals surface area (Å²) < 4.78 is 38.7. The predicted octanol–water partition coefficient (Wildman–Crippen LogP) is 2.82. The van der Waals surface area contributed by atoms with Crippen molar-refractivity contribution >= 4 is 12.0 Å². The maximum Gasteiger partial charge on any atom is 0.394 e. The highest BCUT2D eigenvalue weighted by molar-refractivity contribution is 5.77. The van der Waals surface area contributed by atoms with Crippen LogP contribution in [0.2, 0.25) is 0 Å². The molecule has 2 N–H and O–H groups in total. The Morgan fingerprint density at radius 1 is 1.17 bits per heavy atom. The van der Waals surface area contributed by atoms with Gasteiger partial charge in [0.25, 0.3) is 0 Å². The maximum atomic E-state index is 12.9. The van der Waals surface area contributed by atoms with E-state index in [1.165, 1.54) is 0 Å². The fourth-order valence-corrected chi connectivity index (χ4v) is 3.11. The number of alkyl halides is 3. The first-order chi connectivity index (χ1) is 10.4. The van der Waals surface area contributed by atoms with E-state index < -0.39 is 43.1 Å². The minimum atomic E-state index is -4.63. The molecule has 1 aliphatic rings. The van der Waals surface area contributed by atoms with Crippen LogP contribution in [0, 0.1) is 29.6 Å². The van der Waals surface area contributed by atoms with Crippen molar-refractivity contribution in [2.24, 2.45) is 29.6 Å². The summed E-state index contributed by atoms with van der Waals surface area (Å²) in [6.07, 6.45) is -4.63. The lowest BCUT2D eigenvalue weighted by Crippen LogP contribution is -2.43. The van der Waals surface area contributed by atoms with E-state index in [0.717, 1.165) is 4.90 Å². The van der Waals surface area contributed by atoms with Crippen molar-refractivity contribution in [2.75, 3.05) is 19.6 Å². The van der Waals surface area contributed by atoms with Gasteiger partial charge in [-0.25, -0.2) is 4.79 Å². The number of aliphatic carboxylic acids is 1. The largest absolute Gasteiger partial charge is 0.481 e. The molecule has 0 unspecified atom stereocenters. The van der Waals surface area contributed by atoms with Gasteiger partial charge in [0.15, 0.2) is 0 Å². The third kappa shape index (κ3) is 5.00. The van der Waals surface area contributed by atoms with E-state index in [9.17, 15) is 22.8 Å². The monoisotopic (exact) mass is 338 g/mol. The van der Waals surface area contributed by atoms with E-state index in [-0.39, 0.29) is 5.92 Å². The Balaban J connectivity index is 2.69. The number of nitrogens with one attached hydrogen (secondary N) is 1. The molecule has 5 nitrogen and oxygen atoms in total. The fourth-order valence-electron chi connectivity index (χ4n) is 3.11. The number of urea groups is 1. The summed E-state index contributed by atoms with van der Waals surface area (Å²) in [5, 5.41) is 11.6. The minimum Gasteiger partial charge on any atom is -0.481 e. The van der Waals surface area contributed by atoms with Crippen molar-refractivity contribution in [3.05, 3.63) is 0 Å². The fraction of sp³-hybridized carbons (Fsp3) is 0.867. The van der Waals surface area contributed by atoms with Crippen molar-refractivity contribution in [1.82, 2.24) is 10.2 Å². The average molecular weight is 338 g/mol. The molecule has 1 fully saturated rings. The van der Waals surface area contributed by atoms with Crippen LogP contribution in [-0.4, -0.2) is 47.8 Å². The number of rotatable bonds is 5. The summed E-state index contributed by atoms with van der Waals surface area (Å²) in [6, 6.07) is -0.630. The Hall–Kier alpha value is -1.47. The standard InChI is InChI=1S/C15H25F3N2O3/c1-8(2)10(9(3)4)5-19-14(23)20-6-11(13(21)22)12(7-20)15(16,17)18/h8-12H,5-7H2,1-4H3,(H,19,23)(H,21,22)/t11-,12-/m1/s1. The van der Waals surface area contributed by atoms with Crippen LogP contribution >= 0.6 is 0 Å². The van der Waals surface area contributed by atoms with Gasteiger partial charge in [0.05, 0.1) is 11.8 Å². The van der Waals surface area contributed by atoms with Crippen molar-refractivity contribution in [2.45, 2.75) is 33.9 Å². The summed E-state index contributed by atoms with van der Waals surface area (Å²) >= 11 is 0. The second-order valence-electron chi connectivity index (χ2n) is 6.84. The molecule has 23 heavy (non-hydrogen) atoms. The molecule has 0 bridgehead atoms. The average Bonchev–Trinajstić information content (AvgIpc) is 2.82. The lowest BCUT2D eigenvalue weighted by Gasteiger charge is -2.26. The van der Waals surface area contributed by atoms with Gasteiger partial charge in [-0.05, 0) is 17.8 Å². The van der Waals surface area contributed by atoms with E-state index in [1.807, 2.05) is 27.7 Å². The Labute approximate surface area is 134 Å². The molecule has 0 saturated carbocycles. The van der Waals surface area contributed by atoms with Crippen LogP contribution in [0.1, 0.15) is 27.7 Å². The van der Waals surface area contributed by atoms with E-state index in [2.05, 4.69) is 5.32 Å². The molecule has 0 aromatic rings. The summed E-state index contributed by atoms with van der Waals surface area (Å²) in [6.45, 7) is 7.41. The molecule has 0 aliphatic carbocycles.